The molecule has 0 bridgehead atoms. The summed E-state index contributed by atoms with van der Waals surface area (Å²) in [5.74, 6) is 1.79. The molecular weight excluding hydrogens is 416 g/mol. The smallest absolute Gasteiger partial charge is 0.266 e. The van der Waals surface area contributed by atoms with Gasteiger partial charge in [0.15, 0.2) is 5.82 Å². The van der Waals surface area contributed by atoms with E-state index in [1.165, 1.54) is 11.3 Å². The first kappa shape index (κ1) is 19.1. The predicted octanol–water partition coefficient (Wildman–Crippen LogP) is 4.18. The van der Waals surface area contributed by atoms with Gasteiger partial charge >= 0.3 is 0 Å². The lowest BCUT2D eigenvalue weighted by atomic mass is 10.2. The molecule has 5 rings (SSSR count). The Morgan fingerprint density at radius 2 is 2.13 bits per heavy atom. The molecule has 2 N–H and O–H groups in total. The van der Waals surface area contributed by atoms with Crippen molar-refractivity contribution in [2.45, 2.75) is 12.5 Å². The van der Waals surface area contributed by atoms with Crippen LogP contribution < -0.4 is 10.6 Å². The van der Waals surface area contributed by atoms with Crippen molar-refractivity contribution >= 4 is 50.4 Å². The van der Waals surface area contributed by atoms with Gasteiger partial charge in [-0.2, -0.15) is 0 Å². The van der Waals surface area contributed by atoms with E-state index in [1.54, 1.807) is 23.6 Å². The number of amides is 1. The molecule has 4 aromatic rings. The highest BCUT2D eigenvalue weighted by Crippen LogP contribution is 2.30. The summed E-state index contributed by atoms with van der Waals surface area (Å²) in [6.45, 7) is 2.08. The molecular formula is C21H20N6OS2. The predicted molar refractivity (Wildman–Crippen MR) is 122 cm³/mol. The molecule has 152 valence electrons. The molecule has 7 nitrogen and oxygen atoms in total. The maximum atomic E-state index is 12.4. The van der Waals surface area contributed by atoms with E-state index in [-0.39, 0.29) is 5.91 Å². The largest absolute Gasteiger partial charge is 0.365 e. The van der Waals surface area contributed by atoms with E-state index in [0.717, 1.165) is 41.1 Å². The first-order valence-electron chi connectivity index (χ1n) is 9.67. The number of rotatable bonds is 5. The van der Waals surface area contributed by atoms with Crippen LogP contribution in [0.5, 0.6) is 0 Å². The van der Waals surface area contributed by atoms with Gasteiger partial charge in [0.2, 0.25) is 0 Å². The van der Waals surface area contributed by atoms with Gasteiger partial charge in [0.05, 0.1) is 15.1 Å². The Hall–Kier alpha value is -2.88. The molecule has 30 heavy (non-hydrogen) atoms. The monoisotopic (exact) mass is 436 g/mol. The molecule has 0 spiro atoms. The number of likely N-dealkylation sites (tertiary alicyclic amines) is 1. The number of carbonyl (C=O) groups excluding carboxylic acids is 1. The van der Waals surface area contributed by atoms with Crippen LogP contribution in [0.4, 0.5) is 11.6 Å². The van der Waals surface area contributed by atoms with Gasteiger partial charge in [-0.1, -0.05) is 6.07 Å². The van der Waals surface area contributed by atoms with Crippen molar-refractivity contribution in [1.29, 1.82) is 0 Å². The van der Waals surface area contributed by atoms with Gasteiger partial charge in [0.1, 0.15) is 11.6 Å². The summed E-state index contributed by atoms with van der Waals surface area (Å²) >= 11 is 3.04. The fraction of sp³-hybridized carbons (Fsp3) is 0.238. The maximum Gasteiger partial charge on any atom is 0.266 e. The Balaban J connectivity index is 1.45. The van der Waals surface area contributed by atoms with Gasteiger partial charge in [-0.05, 0) is 55.0 Å². The molecule has 0 aromatic carbocycles. The van der Waals surface area contributed by atoms with Crippen LogP contribution in [0.3, 0.4) is 0 Å². The standard InChI is InChI=1S/C21H20N6OS2/c1-27-8-5-14(12-27)23-20-18-15(6-10-30-18)24-19(26-20)13-4-7-22-17(11-13)25-21(28)16-3-2-9-29-16/h2-4,6-7,9-11,14H,5,8,12H2,1H3,(H,22,25,28)(H,23,24,26)/t14-/m1/s1. The zero-order chi connectivity index (χ0) is 20.5. The van der Waals surface area contributed by atoms with Gasteiger partial charge in [0, 0.05) is 24.3 Å². The molecule has 0 saturated carbocycles. The maximum absolute atomic E-state index is 12.4. The minimum Gasteiger partial charge on any atom is -0.365 e. The van der Waals surface area contributed by atoms with Gasteiger partial charge in [-0.3, -0.25) is 4.79 Å². The Morgan fingerprint density at radius 1 is 1.20 bits per heavy atom. The highest BCUT2D eigenvalue weighted by Gasteiger charge is 2.21. The Morgan fingerprint density at radius 3 is 2.93 bits per heavy atom. The molecule has 4 aromatic heterocycles. The number of hydrogen-bond donors (Lipinski definition) is 2. The average molecular weight is 437 g/mol. The minimum absolute atomic E-state index is 0.170. The van der Waals surface area contributed by atoms with Crippen LogP contribution in [0, 0.1) is 0 Å². The Kier molecular flexibility index (Phi) is 5.16. The van der Waals surface area contributed by atoms with Crippen LogP contribution in [0.2, 0.25) is 0 Å². The number of likely N-dealkylation sites (N-methyl/N-ethyl adjacent to an activating group) is 1. The quantitative estimate of drug-likeness (QED) is 0.488. The summed E-state index contributed by atoms with van der Waals surface area (Å²) in [5.41, 5.74) is 1.73. The molecule has 1 saturated heterocycles. The van der Waals surface area contributed by atoms with E-state index < -0.39 is 0 Å². The van der Waals surface area contributed by atoms with Crippen molar-refractivity contribution in [3.63, 3.8) is 0 Å². The molecule has 1 amide bonds. The molecule has 1 atom stereocenters. The molecule has 0 aliphatic carbocycles. The van der Waals surface area contributed by atoms with Crippen molar-refractivity contribution < 1.29 is 4.79 Å². The van der Waals surface area contributed by atoms with Crippen molar-refractivity contribution in [2.24, 2.45) is 0 Å². The summed E-state index contributed by atoms with van der Waals surface area (Å²) in [5, 5.41) is 10.4. The number of pyridine rings is 1. The Bertz CT molecular complexity index is 1190. The second kappa shape index (κ2) is 8.10. The van der Waals surface area contributed by atoms with Gasteiger partial charge in [-0.25, -0.2) is 15.0 Å². The zero-order valence-corrected chi connectivity index (χ0v) is 18.0. The summed E-state index contributed by atoms with van der Waals surface area (Å²) in [6.07, 6.45) is 2.76. The van der Waals surface area contributed by atoms with E-state index in [2.05, 4.69) is 27.6 Å². The van der Waals surface area contributed by atoms with E-state index in [4.69, 9.17) is 9.97 Å². The minimum atomic E-state index is -0.170. The van der Waals surface area contributed by atoms with E-state index in [1.807, 2.05) is 35.0 Å². The van der Waals surface area contributed by atoms with E-state index >= 15 is 0 Å². The van der Waals surface area contributed by atoms with Crippen LogP contribution in [-0.2, 0) is 0 Å². The first-order valence-corrected chi connectivity index (χ1v) is 11.4. The van der Waals surface area contributed by atoms with E-state index in [0.29, 0.717) is 22.6 Å². The summed E-state index contributed by atoms with van der Waals surface area (Å²) < 4.78 is 1.06. The fourth-order valence-corrected chi connectivity index (χ4v) is 4.96. The van der Waals surface area contributed by atoms with Gasteiger partial charge in [0.25, 0.3) is 5.91 Å². The number of hydrogen-bond acceptors (Lipinski definition) is 8. The average Bonchev–Trinajstić information content (AvgIpc) is 3.50. The third-order valence-electron chi connectivity index (χ3n) is 5.04. The van der Waals surface area contributed by atoms with E-state index in [9.17, 15) is 4.79 Å². The second-order valence-electron chi connectivity index (χ2n) is 7.28. The summed E-state index contributed by atoms with van der Waals surface area (Å²) in [6, 6.07) is 9.70. The summed E-state index contributed by atoms with van der Waals surface area (Å²) in [4.78, 5) is 29.2. The first-order chi connectivity index (χ1) is 14.7. The molecule has 9 heteroatoms. The normalized spacial score (nSPS) is 16.8. The SMILES string of the molecule is CN1CC[C@@H](Nc2nc(-c3ccnc(NC(=O)c4cccs4)c3)nc3ccsc23)C1. The molecule has 1 aliphatic rings. The number of aromatic nitrogens is 3. The number of nitrogens with zero attached hydrogens (tertiary/aromatic N) is 4. The molecule has 0 radical (unpaired) electrons. The third-order valence-corrected chi connectivity index (χ3v) is 6.82. The second-order valence-corrected chi connectivity index (χ2v) is 9.15. The van der Waals surface area contributed by atoms with Crippen molar-refractivity contribution in [3.05, 3.63) is 52.2 Å². The highest BCUT2D eigenvalue weighted by molar-refractivity contribution is 7.17. The topological polar surface area (TPSA) is 83.0 Å². The molecule has 1 fully saturated rings. The van der Waals surface area contributed by atoms with Crippen molar-refractivity contribution in [2.75, 3.05) is 30.8 Å². The molecule has 0 unspecified atom stereocenters. The number of anilines is 2. The highest BCUT2D eigenvalue weighted by atomic mass is 32.1. The molecule has 1 aliphatic heterocycles. The van der Waals surface area contributed by atoms with Gasteiger partial charge < -0.3 is 15.5 Å². The number of nitrogens with one attached hydrogen (secondary N) is 2. The van der Waals surface area contributed by atoms with Gasteiger partial charge in [-0.15, -0.1) is 22.7 Å². The van der Waals surface area contributed by atoms with Crippen LogP contribution >= 0.6 is 22.7 Å². The lowest BCUT2D eigenvalue weighted by molar-refractivity contribution is 0.103. The van der Waals surface area contributed by atoms with Crippen LogP contribution in [-0.4, -0.2) is 51.9 Å². The summed E-state index contributed by atoms with van der Waals surface area (Å²) in [7, 11) is 2.14. The lowest BCUT2D eigenvalue weighted by Gasteiger charge is -2.15. The van der Waals surface area contributed by atoms with Crippen LogP contribution in [0.15, 0.2) is 47.3 Å². The number of thiophene rings is 2. The number of carbonyl (C=O) groups is 1. The third kappa shape index (κ3) is 3.91. The van der Waals surface area contributed by atoms with Crippen LogP contribution in [0.25, 0.3) is 21.6 Å². The van der Waals surface area contributed by atoms with Crippen LogP contribution in [0.1, 0.15) is 16.1 Å². The fourth-order valence-electron chi connectivity index (χ4n) is 3.56. The molecule has 5 heterocycles. The van der Waals surface area contributed by atoms with Crippen molar-refractivity contribution in [1.82, 2.24) is 19.9 Å². The number of fused-ring (bicyclic) bond motifs is 1. The van der Waals surface area contributed by atoms with Crippen molar-refractivity contribution in [3.8, 4) is 11.4 Å². The lowest BCUT2D eigenvalue weighted by Crippen LogP contribution is -2.24. The Labute approximate surface area is 181 Å². The zero-order valence-electron chi connectivity index (χ0n) is 16.3.